The maximum atomic E-state index is 11.0. The zero-order chi connectivity index (χ0) is 14.9. The minimum Gasteiger partial charge on any atom is -0.486 e. The van der Waals surface area contributed by atoms with Crippen LogP contribution in [0.4, 0.5) is 0 Å². The first-order valence-corrected chi connectivity index (χ1v) is 7.92. The van der Waals surface area contributed by atoms with Crippen LogP contribution in [0.2, 0.25) is 0 Å². The fourth-order valence-electron chi connectivity index (χ4n) is 3.24. The summed E-state index contributed by atoms with van der Waals surface area (Å²) in [6.45, 7) is 8.66. The van der Waals surface area contributed by atoms with E-state index in [0.29, 0.717) is 19.1 Å². The summed E-state index contributed by atoms with van der Waals surface area (Å²) in [5.74, 6) is 2.22. The molecular formula is C17H25NO3. The topological polar surface area (TPSA) is 41.9 Å². The van der Waals surface area contributed by atoms with Gasteiger partial charge in [-0.05, 0) is 36.5 Å². The number of rotatable bonds is 3. The van der Waals surface area contributed by atoms with Crippen LogP contribution in [0, 0.1) is 5.92 Å². The Morgan fingerprint density at radius 3 is 2.48 bits per heavy atom. The van der Waals surface area contributed by atoms with Gasteiger partial charge in [0, 0.05) is 19.6 Å². The summed E-state index contributed by atoms with van der Waals surface area (Å²) in [6.07, 6.45) is 1.55. The second-order valence-electron chi connectivity index (χ2n) is 6.58. The van der Waals surface area contributed by atoms with Crippen LogP contribution in [0.5, 0.6) is 11.5 Å². The van der Waals surface area contributed by atoms with Crippen molar-refractivity contribution in [1.29, 1.82) is 0 Å². The summed E-state index contributed by atoms with van der Waals surface area (Å²) in [7, 11) is 0. The van der Waals surface area contributed by atoms with Crippen LogP contribution in [-0.2, 0) is 5.60 Å². The van der Waals surface area contributed by atoms with Crippen molar-refractivity contribution in [3.8, 4) is 11.5 Å². The highest BCUT2D eigenvalue weighted by atomic mass is 16.6. The third-order valence-electron chi connectivity index (χ3n) is 4.39. The van der Waals surface area contributed by atoms with Gasteiger partial charge in [-0.25, -0.2) is 0 Å². The molecule has 0 bridgehead atoms. The van der Waals surface area contributed by atoms with E-state index in [1.165, 1.54) is 0 Å². The largest absolute Gasteiger partial charge is 0.486 e. The summed E-state index contributed by atoms with van der Waals surface area (Å²) >= 11 is 0. The third-order valence-corrected chi connectivity index (χ3v) is 4.39. The van der Waals surface area contributed by atoms with E-state index in [1.54, 1.807) is 0 Å². The lowest BCUT2D eigenvalue weighted by Crippen LogP contribution is -2.43. The van der Waals surface area contributed by atoms with Crippen molar-refractivity contribution < 1.29 is 14.6 Å². The lowest BCUT2D eigenvalue weighted by molar-refractivity contribution is -0.0282. The molecule has 0 spiro atoms. The summed E-state index contributed by atoms with van der Waals surface area (Å²) in [5.41, 5.74) is 0.222. The van der Waals surface area contributed by atoms with E-state index in [1.807, 2.05) is 18.2 Å². The Bertz CT molecular complexity index is 493. The zero-order valence-electron chi connectivity index (χ0n) is 13.0. The van der Waals surface area contributed by atoms with Gasteiger partial charge < -0.3 is 19.5 Å². The smallest absolute Gasteiger partial charge is 0.161 e. The van der Waals surface area contributed by atoms with Crippen LogP contribution in [-0.4, -0.2) is 42.9 Å². The Kier molecular flexibility index (Phi) is 4.09. The van der Waals surface area contributed by atoms with Gasteiger partial charge in [-0.3, -0.25) is 0 Å². The number of piperidine rings is 1. The quantitative estimate of drug-likeness (QED) is 0.928. The third kappa shape index (κ3) is 3.16. The van der Waals surface area contributed by atoms with Gasteiger partial charge in [0.1, 0.15) is 13.2 Å². The molecule has 0 atom stereocenters. The molecule has 4 heteroatoms. The van der Waals surface area contributed by atoms with Crippen molar-refractivity contribution >= 4 is 0 Å². The molecule has 0 aliphatic carbocycles. The molecule has 0 saturated carbocycles. The monoisotopic (exact) mass is 291 g/mol. The van der Waals surface area contributed by atoms with E-state index in [4.69, 9.17) is 9.47 Å². The Balaban J connectivity index is 1.72. The minimum atomic E-state index is -0.733. The predicted octanol–water partition coefficient (Wildman–Crippen LogP) is 2.40. The number of hydrogen-bond acceptors (Lipinski definition) is 4. The molecule has 0 aromatic heterocycles. The standard InChI is InChI=1S/C17H25NO3/c1-13(2)12-18-7-5-17(19,6-8-18)14-3-4-15-16(11-14)21-10-9-20-15/h3-4,11,13,19H,5-10,12H2,1-2H3. The molecule has 1 aromatic carbocycles. The Morgan fingerprint density at radius 1 is 1.14 bits per heavy atom. The lowest BCUT2D eigenvalue weighted by Gasteiger charge is -2.39. The zero-order valence-corrected chi connectivity index (χ0v) is 13.0. The highest BCUT2D eigenvalue weighted by Gasteiger charge is 2.34. The van der Waals surface area contributed by atoms with Crippen LogP contribution in [0.25, 0.3) is 0 Å². The number of ether oxygens (including phenoxy) is 2. The van der Waals surface area contributed by atoms with E-state index in [2.05, 4.69) is 18.7 Å². The SMILES string of the molecule is CC(C)CN1CCC(O)(c2ccc3c(c2)OCCO3)CC1. The van der Waals surface area contributed by atoms with Crippen molar-refractivity contribution in [3.05, 3.63) is 23.8 Å². The molecule has 116 valence electrons. The fraction of sp³-hybridized carbons (Fsp3) is 0.647. The molecule has 1 aromatic rings. The first-order chi connectivity index (χ1) is 10.1. The van der Waals surface area contributed by atoms with Gasteiger partial charge in [-0.1, -0.05) is 19.9 Å². The van der Waals surface area contributed by atoms with Crippen LogP contribution >= 0.6 is 0 Å². The average Bonchev–Trinajstić information content (AvgIpc) is 2.49. The molecule has 4 nitrogen and oxygen atoms in total. The molecule has 2 aliphatic heterocycles. The van der Waals surface area contributed by atoms with Crippen molar-refractivity contribution in [2.45, 2.75) is 32.3 Å². The maximum Gasteiger partial charge on any atom is 0.161 e. The van der Waals surface area contributed by atoms with Gasteiger partial charge in [-0.2, -0.15) is 0 Å². The molecule has 1 saturated heterocycles. The molecule has 21 heavy (non-hydrogen) atoms. The number of nitrogens with zero attached hydrogens (tertiary/aromatic N) is 1. The molecule has 2 aliphatic rings. The number of benzene rings is 1. The van der Waals surface area contributed by atoms with Gasteiger partial charge in [0.25, 0.3) is 0 Å². The molecule has 1 N–H and O–H groups in total. The van der Waals surface area contributed by atoms with Gasteiger partial charge >= 0.3 is 0 Å². The van der Waals surface area contributed by atoms with E-state index in [0.717, 1.165) is 49.5 Å². The molecule has 0 radical (unpaired) electrons. The number of hydrogen-bond donors (Lipinski definition) is 1. The highest BCUT2D eigenvalue weighted by molar-refractivity contribution is 5.45. The molecule has 1 fully saturated rings. The lowest BCUT2D eigenvalue weighted by atomic mass is 9.84. The normalized spacial score (nSPS) is 21.5. The van der Waals surface area contributed by atoms with Crippen molar-refractivity contribution in [2.24, 2.45) is 5.92 Å². The van der Waals surface area contributed by atoms with Gasteiger partial charge in [0.15, 0.2) is 11.5 Å². The molecule has 2 heterocycles. The van der Waals surface area contributed by atoms with Crippen molar-refractivity contribution in [2.75, 3.05) is 32.8 Å². The molecular weight excluding hydrogens is 266 g/mol. The maximum absolute atomic E-state index is 11.0. The molecule has 0 unspecified atom stereocenters. The average molecular weight is 291 g/mol. The first kappa shape index (κ1) is 14.7. The van der Waals surface area contributed by atoms with Crippen LogP contribution in [0.15, 0.2) is 18.2 Å². The predicted molar refractivity (Wildman–Crippen MR) is 81.8 cm³/mol. The van der Waals surface area contributed by atoms with Crippen LogP contribution in [0.1, 0.15) is 32.3 Å². The van der Waals surface area contributed by atoms with E-state index < -0.39 is 5.60 Å². The van der Waals surface area contributed by atoms with Crippen molar-refractivity contribution in [3.63, 3.8) is 0 Å². The van der Waals surface area contributed by atoms with E-state index >= 15 is 0 Å². The van der Waals surface area contributed by atoms with Gasteiger partial charge in [-0.15, -0.1) is 0 Å². The van der Waals surface area contributed by atoms with Gasteiger partial charge in [0.2, 0.25) is 0 Å². The minimum absolute atomic E-state index is 0.580. The summed E-state index contributed by atoms with van der Waals surface area (Å²) in [4.78, 5) is 2.44. The fourth-order valence-corrected chi connectivity index (χ4v) is 3.24. The molecule has 3 rings (SSSR count). The summed E-state index contributed by atoms with van der Waals surface area (Å²) in [5, 5.41) is 11.0. The highest BCUT2D eigenvalue weighted by Crippen LogP contribution is 2.38. The number of fused-ring (bicyclic) bond motifs is 1. The second kappa shape index (κ2) is 5.85. The van der Waals surface area contributed by atoms with E-state index in [9.17, 15) is 5.11 Å². The molecule has 0 amide bonds. The Labute approximate surface area is 126 Å². The van der Waals surface area contributed by atoms with E-state index in [-0.39, 0.29) is 0 Å². The first-order valence-electron chi connectivity index (χ1n) is 7.92. The summed E-state index contributed by atoms with van der Waals surface area (Å²) in [6, 6.07) is 5.85. The second-order valence-corrected chi connectivity index (χ2v) is 6.58. The number of aliphatic hydroxyl groups is 1. The van der Waals surface area contributed by atoms with Crippen molar-refractivity contribution in [1.82, 2.24) is 4.90 Å². The van der Waals surface area contributed by atoms with Crippen LogP contribution in [0.3, 0.4) is 0 Å². The summed E-state index contributed by atoms with van der Waals surface area (Å²) < 4.78 is 11.2. The Morgan fingerprint density at radius 2 is 1.81 bits per heavy atom. The van der Waals surface area contributed by atoms with Crippen LogP contribution < -0.4 is 9.47 Å². The number of likely N-dealkylation sites (tertiary alicyclic amines) is 1. The Hall–Kier alpha value is -1.26. The van der Waals surface area contributed by atoms with Gasteiger partial charge in [0.05, 0.1) is 5.60 Å².